The summed E-state index contributed by atoms with van der Waals surface area (Å²) in [6.07, 6.45) is 0. The summed E-state index contributed by atoms with van der Waals surface area (Å²) in [4.78, 5) is 4.30. The Labute approximate surface area is 75.6 Å². The summed E-state index contributed by atoms with van der Waals surface area (Å²) in [5, 5.41) is 3.85. The van der Waals surface area contributed by atoms with Gasteiger partial charge >= 0.3 is 0 Å². The molecule has 0 atom stereocenters. The molecule has 1 heterocycles. The first-order chi connectivity index (χ1) is 5.15. The number of hydrogen-bond acceptors (Lipinski definition) is 3. The van der Waals surface area contributed by atoms with Crippen molar-refractivity contribution >= 4 is 28.1 Å². The molecule has 0 unspecified atom stereocenters. The van der Waals surface area contributed by atoms with Crippen LogP contribution < -0.4 is 5.32 Å². The molecule has 0 amide bonds. The Kier molecular flexibility index (Phi) is 2.73. The lowest BCUT2D eigenvalue weighted by atomic mass is 10.2. The minimum atomic E-state index is 0.404. The minimum Gasteiger partial charge on any atom is -0.365 e. The number of aromatic nitrogens is 1. The molecule has 4 heteroatoms. The summed E-state index contributed by atoms with van der Waals surface area (Å²) < 4.78 is 0.796. The van der Waals surface area contributed by atoms with Gasteiger partial charge in [0.15, 0.2) is 5.13 Å². The van der Waals surface area contributed by atoms with Crippen LogP contribution in [-0.4, -0.2) is 12.0 Å². The standard InChI is InChI=1S/C7H11ClN2S/c1-4(2)5-6(8)11-7(9-3)10-5/h4H,1-3H3,(H,9,10). The fourth-order valence-electron chi connectivity index (χ4n) is 0.776. The minimum absolute atomic E-state index is 0.404. The quantitative estimate of drug-likeness (QED) is 0.776. The highest BCUT2D eigenvalue weighted by molar-refractivity contribution is 7.19. The second-order valence-corrected chi connectivity index (χ2v) is 4.18. The molecular formula is C7H11ClN2S. The van der Waals surface area contributed by atoms with Crippen molar-refractivity contribution in [2.24, 2.45) is 0 Å². The van der Waals surface area contributed by atoms with E-state index in [1.54, 1.807) is 0 Å². The van der Waals surface area contributed by atoms with Gasteiger partial charge in [-0.25, -0.2) is 4.98 Å². The van der Waals surface area contributed by atoms with Gasteiger partial charge in [-0.2, -0.15) is 0 Å². The molecule has 1 aromatic heterocycles. The van der Waals surface area contributed by atoms with E-state index in [0.717, 1.165) is 15.2 Å². The van der Waals surface area contributed by atoms with Crippen LogP contribution in [0.3, 0.4) is 0 Å². The number of halogens is 1. The summed E-state index contributed by atoms with van der Waals surface area (Å²) in [5.41, 5.74) is 0.987. The topological polar surface area (TPSA) is 24.9 Å². The fraction of sp³-hybridized carbons (Fsp3) is 0.571. The van der Waals surface area contributed by atoms with Crippen LogP contribution in [0.15, 0.2) is 0 Å². The van der Waals surface area contributed by atoms with Crippen LogP contribution in [0, 0.1) is 0 Å². The molecule has 0 aliphatic rings. The van der Waals surface area contributed by atoms with Gasteiger partial charge in [0.1, 0.15) is 4.34 Å². The molecule has 0 bridgehead atoms. The van der Waals surface area contributed by atoms with Crippen molar-refractivity contribution in [2.75, 3.05) is 12.4 Å². The van der Waals surface area contributed by atoms with E-state index in [1.165, 1.54) is 11.3 Å². The second-order valence-electron chi connectivity index (χ2n) is 2.58. The summed E-state index contributed by atoms with van der Waals surface area (Å²) in [6, 6.07) is 0. The maximum Gasteiger partial charge on any atom is 0.184 e. The van der Waals surface area contributed by atoms with Gasteiger partial charge in [-0.15, -0.1) is 0 Å². The van der Waals surface area contributed by atoms with Gasteiger partial charge in [-0.1, -0.05) is 36.8 Å². The van der Waals surface area contributed by atoms with Gasteiger partial charge < -0.3 is 5.32 Å². The van der Waals surface area contributed by atoms with E-state index in [9.17, 15) is 0 Å². The zero-order valence-electron chi connectivity index (χ0n) is 6.81. The molecule has 0 aliphatic carbocycles. The van der Waals surface area contributed by atoms with Gasteiger partial charge in [-0.3, -0.25) is 0 Å². The van der Waals surface area contributed by atoms with Crippen LogP contribution in [0.25, 0.3) is 0 Å². The molecule has 1 aromatic rings. The second kappa shape index (κ2) is 3.41. The molecule has 0 spiro atoms. The number of rotatable bonds is 2. The Hall–Kier alpha value is -0.280. The van der Waals surface area contributed by atoms with Crippen LogP contribution in [0.2, 0.25) is 4.34 Å². The van der Waals surface area contributed by atoms with E-state index in [0.29, 0.717) is 5.92 Å². The van der Waals surface area contributed by atoms with Crippen molar-refractivity contribution in [1.82, 2.24) is 4.98 Å². The lowest BCUT2D eigenvalue weighted by molar-refractivity contribution is 0.834. The molecule has 62 valence electrons. The molecule has 1 N–H and O–H groups in total. The fourth-order valence-corrected chi connectivity index (χ4v) is 2.06. The van der Waals surface area contributed by atoms with Crippen LogP contribution in [0.4, 0.5) is 5.13 Å². The average molecular weight is 191 g/mol. The Morgan fingerprint density at radius 2 is 2.18 bits per heavy atom. The summed E-state index contributed by atoms with van der Waals surface area (Å²) in [7, 11) is 1.85. The Morgan fingerprint density at radius 1 is 1.55 bits per heavy atom. The van der Waals surface area contributed by atoms with Gasteiger partial charge in [0, 0.05) is 7.05 Å². The Balaban J connectivity index is 2.97. The molecule has 0 fully saturated rings. The Bertz CT molecular complexity index is 245. The van der Waals surface area contributed by atoms with Crippen molar-refractivity contribution in [3.05, 3.63) is 10.0 Å². The van der Waals surface area contributed by atoms with Crippen LogP contribution in [-0.2, 0) is 0 Å². The summed E-state index contributed by atoms with van der Waals surface area (Å²) in [6.45, 7) is 4.17. The highest BCUT2D eigenvalue weighted by Crippen LogP contribution is 2.31. The third-order valence-corrected chi connectivity index (χ3v) is 2.67. The SMILES string of the molecule is CNc1nc(C(C)C)c(Cl)s1. The highest BCUT2D eigenvalue weighted by atomic mass is 35.5. The van der Waals surface area contributed by atoms with Gasteiger partial charge in [0.25, 0.3) is 0 Å². The van der Waals surface area contributed by atoms with Crippen molar-refractivity contribution in [1.29, 1.82) is 0 Å². The predicted molar refractivity (Wildman–Crippen MR) is 50.8 cm³/mol. The van der Waals surface area contributed by atoms with E-state index in [4.69, 9.17) is 11.6 Å². The molecule has 2 nitrogen and oxygen atoms in total. The van der Waals surface area contributed by atoms with Crippen LogP contribution in [0.5, 0.6) is 0 Å². The van der Waals surface area contributed by atoms with Crippen molar-refractivity contribution in [3.63, 3.8) is 0 Å². The lowest BCUT2D eigenvalue weighted by Crippen LogP contribution is -1.90. The molecule has 0 saturated heterocycles. The van der Waals surface area contributed by atoms with E-state index in [-0.39, 0.29) is 0 Å². The van der Waals surface area contributed by atoms with E-state index in [1.807, 2.05) is 7.05 Å². The smallest absolute Gasteiger partial charge is 0.184 e. The van der Waals surface area contributed by atoms with Crippen LogP contribution in [0.1, 0.15) is 25.5 Å². The maximum atomic E-state index is 5.93. The van der Waals surface area contributed by atoms with Crippen molar-refractivity contribution < 1.29 is 0 Å². The number of nitrogens with zero attached hydrogens (tertiary/aromatic N) is 1. The first kappa shape index (κ1) is 8.81. The third kappa shape index (κ3) is 1.84. The summed E-state index contributed by atoms with van der Waals surface area (Å²) in [5.74, 6) is 0.404. The molecule has 0 saturated carbocycles. The summed E-state index contributed by atoms with van der Waals surface area (Å²) >= 11 is 7.42. The predicted octanol–water partition coefficient (Wildman–Crippen LogP) is 2.96. The largest absolute Gasteiger partial charge is 0.365 e. The van der Waals surface area contributed by atoms with Crippen molar-refractivity contribution in [2.45, 2.75) is 19.8 Å². The monoisotopic (exact) mass is 190 g/mol. The molecule has 0 aromatic carbocycles. The van der Waals surface area contributed by atoms with Gasteiger partial charge in [0.05, 0.1) is 5.69 Å². The Morgan fingerprint density at radius 3 is 2.45 bits per heavy atom. The molecular weight excluding hydrogens is 180 g/mol. The number of thiazole rings is 1. The number of hydrogen-bond donors (Lipinski definition) is 1. The molecule has 0 radical (unpaired) electrons. The molecule has 0 aliphatic heterocycles. The van der Waals surface area contributed by atoms with E-state index >= 15 is 0 Å². The highest BCUT2D eigenvalue weighted by Gasteiger charge is 2.10. The van der Waals surface area contributed by atoms with E-state index in [2.05, 4.69) is 24.1 Å². The van der Waals surface area contributed by atoms with Gasteiger partial charge in [-0.05, 0) is 5.92 Å². The number of anilines is 1. The zero-order chi connectivity index (χ0) is 8.43. The average Bonchev–Trinajstić information content (AvgIpc) is 2.30. The first-order valence-electron chi connectivity index (χ1n) is 3.49. The van der Waals surface area contributed by atoms with E-state index < -0.39 is 0 Å². The number of nitrogens with one attached hydrogen (secondary N) is 1. The lowest BCUT2D eigenvalue weighted by Gasteiger charge is -1.97. The molecule has 1 rings (SSSR count). The maximum absolute atomic E-state index is 5.93. The normalized spacial score (nSPS) is 10.6. The van der Waals surface area contributed by atoms with Gasteiger partial charge in [0.2, 0.25) is 0 Å². The third-order valence-electron chi connectivity index (χ3n) is 1.37. The van der Waals surface area contributed by atoms with Crippen LogP contribution >= 0.6 is 22.9 Å². The van der Waals surface area contributed by atoms with Crippen molar-refractivity contribution in [3.8, 4) is 0 Å². The zero-order valence-corrected chi connectivity index (χ0v) is 8.38. The molecule has 11 heavy (non-hydrogen) atoms. The first-order valence-corrected chi connectivity index (χ1v) is 4.68.